The zero-order valence-electron chi connectivity index (χ0n) is 17.5. The number of rotatable bonds is 6. The topological polar surface area (TPSA) is 49.9 Å². The molecule has 172 valence electrons. The SMILES string of the molecule is CN1CCN(C(=O)COc2ccc(C(=O)/C=C/c3ccccc3C(F)(F)F)cc2)CC1.Cl. The van der Waals surface area contributed by atoms with Crippen molar-refractivity contribution in [3.63, 3.8) is 0 Å². The van der Waals surface area contributed by atoms with Gasteiger partial charge in [0.2, 0.25) is 0 Å². The molecular weight excluding hydrogens is 445 g/mol. The van der Waals surface area contributed by atoms with Gasteiger partial charge in [-0.2, -0.15) is 13.2 Å². The molecule has 9 heteroatoms. The quantitative estimate of drug-likeness (QED) is 0.471. The van der Waals surface area contributed by atoms with Crippen molar-refractivity contribution >= 4 is 30.2 Å². The molecule has 0 unspecified atom stereocenters. The van der Waals surface area contributed by atoms with Crippen LogP contribution in [0.2, 0.25) is 0 Å². The van der Waals surface area contributed by atoms with Crippen molar-refractivity contribution < 1.29 is 27.5 Å². The van der Waals surface area contributed by atoms with Crippen molar-refractivity contribution in [1.82, 2.24) is 9.80 Å². The minimum Gasteiger partial charge on any atom is -0.484 e. The Morgan fingerprint density at radius 3 is 2.25 bits per heavy atom. The summed E-state index contributed by atoms with van der Waals surface area (Å²) in [7, 11) is 2.01. The lowest BCUT2D eigenvalue weighted by molar-refractivity contribution is -0.137. The fourth-order valence-electron chi connectivity index (χ4n) is 3.17. The van der Waals surface area contributed by atoms with Gasteiger partial charge in [-0.15, -0.1) is 12.4 Å². The van der Waals surface area contributed by atoms with E-state index in [4.69, 9.17) is 4.74 Å². The summed E-state index contributed by atoms with van der Waals surface area (Å²) in [5.41, 5.74) is -0.572. The molecule has 1 fully saturated rings. The van der Waals surface area contributed by atoms with Crippen LogP contribution in [0.15, 0.2) is 54.6 Å². The third kappa shape index (κ3) is 6.83. The molecule has 0 atom stereocenters. The van der Waals surface area contributed by atoms with Crippen LogP contribution in [0, 0.1) is 0 Å². The number of ketones is 1. The van der Waals surface area contributed by atoms with Gasteiger partial charge in [0, 0.05) is 31.7 Å². The average molecular weight is 469 g/mol. The van der Waals surface area contributed by atoms with E-state index in [0.717, 1.165) is 31.3 Å². The van der Waals surface area contributed by atoms with Gasteiger partial charge in [-0.1, -0.05) is 24.3 Å². The van der Waals surface area contributed by atoms with E-state index in [0.29, 0.717) is 24.4 Å². The normalized spacial score (nSPS) is 14.8. The Kier molecular flexibility index (Phi) is 8.86. The maximum atomic E-state index is 13.0. The van der Waals surface area contributed by atoms with Crippen molar-refractivity contribution in [2.24, 2.45) is 0 Å². The van der Waals surface area contributed by atoms with Gasteiger partial charge in [0.1, 0.15) is 5.75 Å². The lowest BCUT2D eigenvalue weighted by atomic mass is 10.0. The number of halogens is 4. The Labute approximate surface area is 190 Å². The minimum absolute atomic E-state index is 0. The summed E-state index contributed by atoms with van der Waals surface area (Å²) in [6.45, 7) is 2.88. The first-order valence-electron chi connectivity index (χ1n) is 9.82. The van der Waals surface area contributed by atoms with Gasteiger partial charge in [-0.25, -0.2) is 0 Å². The molecule has 0 aliphatic carbocycles. The van der Waals surface area contributed by atoms with Crippen LogP contribution in [-0.4, -0.2) is 61.3 Å². The molecular formula is C23H24ClF3N2O3. The maximum Gasteiger partial charge on any atom is 0.416 e. The molecule has 3 rings (SSSR count). The van der Waals surface area contributed by atoms with Crippen LogP contribution in [-0.2, 0) is 11.0 Å². The molecule has 1 heterocycles. The van der Waals surface area contributed by atoms with Crippen LogP contribution in [0.5, 0.6) is 5.75 Å². The third-order valence-electron chi connectivity index (χ3n) is 5.04. The molecule has 0 spiro atoms. The van der Waals surface area contributed by atoms with Crippen molar-refractivity contribution in [1.29, 1.82) is 0 Å². The maximum absolute atomic E-state index is 13.0. The molecule has 2 aromatic rings. The molecule has 1 aliphatic rings. The summed E-state index contributed by atoms with van der Waals surface area (Å²) < 4.78 is 44.6. The summed E-state index contributed by atoms with van der Waals surface area (Å²) in [5.74, 6) is -0.0954. The van der Waals surface area contributed by atoms with Gasteiger partial charge < -0.3 is 14.5 Å². The standard InChI is InChI=1S/C23H23F3N2O3.ClH/c1-27-12-14-28(15-13-27)22(30)16-31-19-9-6-18(7-10-19)21(29)11-8-17-4-2-3-5-20(17)23(24,25)26;/h2-11H,12-16H2,1H3;1H/b11-8+;. The predicted molar refractivity (Wildman–Crippen MR) is 118 cm³/mol. The second-order valence-corrected chi connectivity index (χ2v) is 7.28. The number of amides is 1. The Hall–Kier alpha value is -2.84. The molecule has 1 amide bonds. The molecule has 32 heavy (non-hydrogen) atoms. The highest BCUT2D eigenvalue weighted by Gasteiger charge is 2.32. The second-order valence-electron chi connectivity index (χ2n) is 7.28. The van der Waals surface area contributed by atoms with E-state index in [1.165, 1.54) is 30.3 Å². The number of carbonyl (C=O) groups is 2. The summed E-state index contributed by atoms with van der Waals surface area (Å²) in [5, 5.41) is 0. The van der Waals surface area contributed by atoms with Crippen molar-refractivity contribution in [3.8, 4) is 5.75 Å². The minimum atomic E-state index is -4.50. The van der Waals surface area contributed by atoms with Gasteiger partial charge in [0.15, 0.2) is 12.4 Å². The van der Waals surface area contributed by atoms with Gasteiger partial charge in [0.25, 0.3) is 5.91 Å². The molecule has 0 radical (unpaired) electrons. The Bertz CT molecular complexity index is 954. The third-order valence-corrected chi connectivity index (χ3v) is 5.04. The summed E-state index contributed by atoms with van der Waals surface area (Å²) >= 11 is 0. The average Bonchev–Trinajstić information content (AvgIpc) is 2.76. The van der Waals surface area contributed by atoms with Gasteiger partial charge in [-0.05, 0) is 49.0 Å². The summed E-state index contributed by atoms with van der Waals surface area (Å²) in [4.78, 5) is 28.4. The number of ether oxygens (including phenoxy) is 1. The van der Waals surface area contributed by atoms with E-state index in [1.807, 2.05) is 7.05 Å². The number of benzene rings is 2. The first kappa shape index (κ1) is 25.4. The fraction of sp³-hybridized carbons (Fsp3) is 0.304. The number of hydrogen-bond donors (Lipinski definition) is 0. The Morgan fingerprint density at radius 1 is 1.00 bits per heavy atom. The summed E-state index contributed by atoms with van der Waals surface area (Å²) in [6, 6.07) is 11.2. The highest BCUT2D eigenvalue weighted by molar-refractivity contribution is 6.06. The largest absolute Gasteiger partial charge is 0.484 e. The van der Waals surface area contributed by atoms with Crippen LogP contribution in [0.4, 0.5) is 13.2 Å². The first-order chi connectivity index (χ1) is 14.7. The van der Waals surface area contributed by atoms with Crippen molar-refractivity contribution in [2.75, 3.05) is 39.8 Å². The van der Waals surface area contributed by atoms with Gasteiger partial charge in [-0.3, -0.25) is 9.59 Å². The molecule has 0 aromatic heterocycles. The molecule has 1 aliphatic heterocycles. The van der Waals surface area contributed by atoms with Crippen LogP contribution < -0.4 is 4.74 Å². The predicted octanol–water partition coefficient (Wildman–Crippen LogP) is 4.18. The molecule has 2 aromatic carbocycles. The number of piperazine rings is 1. The Morgan fingerprint density at radius 2 is 1.62 bits per heavy atom. The summed E-state index contributed by atoms with van der Waals surface area (Å²) in [6.07, 6.45) is -2.23. The van der Waals surface area contributed by atoms with E-state index in [9.17, 15) is 22.8 Å². The van der Waals surface area contributed by atoms with Crippen LogP contribution in [0.25, 0.3) is 6.08 Å². The number of alkyl halides is 3. The Balaban J connectivity index is 0.00000363. The van der Waals surface area contributed by atoms with E-state index in [2.05, 4.69) is 4.90 Å². The highest BCUT2D eigenvalue weighted by atomic mass is 35.5. The monoisotopic (exact) mass is 468 g/mol. The number of nitrogens with zero attached hydrogens (tertiary/aromatic N) is 2. The number of likely N-dealkylation sites (N-methyl/N-ethyl adjacent to an activating group) is 1. The van der Waals surface area contributed by atoms with E-state index < -0.39 is 17.5 Å². The van der Waals surface area contributed by atoms with Crippen molar-refractivity contribution in [3.05, 3.63) is 71.3 Å². The van der Waals surface area contributed by atoms with E-state index in [1.54, 1.807) is 17.0 Å². The zero-order valence-corrected chi connectivity index (χ0v) is 18.3. The zero-order chi connectivity index (χ0) is 22.4. The smallest absolute Gasteiger partial charge is 0.416 e. The lowest BCUT2D eigenvalue weighted by Gasteiger charge is -2.32. The molecule has 1 saturated heterocycles. The van der Waals surface area contributed by atoms with Gasteiger partial charge >= 0.3 is 6.18 Å². The van der Waals surface area contributed by atoms with Gasteiger partial charge in [0.05, 0.1) is 5.56 Å². The number of allylic oxidation sites excluding steroid dienone is 1. The van der Waals surface area contributed by atoms with Crippen molar-refractivity contribution in [2.45, 2.75) is 6.18 Å². The molecule has 0 saturated carbocycles. The van der Waals surface area contributed by atoms with Crippen LogP contribution in [0.3, 0.4) is 0 Å². The lowest BCUT2D eigenvalue weighted by Crippen LogP contribution is -2.48. The van der Waals surface area contributed by atoms with E-state index >= 15 is 0 Å². The first-order valence-corrected chi connectivity index (χ1v) is 9.82. The number of carbonyl (C=O) groups excluding carboxylic acids is 2. The fourth-order valence-corrected chi connectivity index (χ4v) is 3.17. The van der Waals surface area contributed by atoms with E-state index in [-0.39, 0.29) is 30.5 Å². The van der Waals surface area contributed by atoms with Crippen LogP contribution >= 0.6 is 12.4 Å². The number of hydrogen-bond acceptors (Lipinski definition) is 4. The molecule has 0 bridgehead atoms. The second kappa shape index (κ2) is 11.2. The molecule has 5 nitrogen and oxygen atoms in total. The molecule has 0 N–H and O–H groups in total. The highest BCUT2D eigenvalue weighted by Crippen LogP contribution is 2.32. The van der Waals surface area contributed by atoms with Crippen LogP contribution in [0.1, 0.15) is 21.5 Å².